The second kappa shape index (κ2) is 13.1. The summed E-state index contributed by atoms with van der Waals surface area (Å²) in [4.78, 5) is 16.9. The Bertz CT molecular complexity index is 1310. The molecule has 0 unspecified atom stereocenters. The molecule has 0 radical (unpaired) electrons. The van der Waals surface area contributed by atoms with Crippen LogP contribution < -0.4 is 19.8 Å². The summed E-state index contributed by atoms with van der Waals surface area (Å²) in [6.07, 6.45) is 1.51. The number of nitrogens with one attached hydrogen (secondary N) is 1. The molecule has 1 fully saturated rings. The molecule has 1 saturated heterocycles. The molecule has 8 nitrogen and oxygen atoms in total. The van der Waals surface area contributed by atoms with Gasteiger partial charge in [-0.2, -0.15) is 5.10 Å². The number of carbonyl (C=O) groups excluding carboxylic acids is 1. The quantitative estimate of drug-likeness (QED) is 0.264. The van der Waals surface area contributed by atoms with Crippen molar-refractivity contribution >= 4 is 52.6 Å². The number of phenols is 1. The molecule has 2 N–H and O–H groups in total. The smallest absolute Gasteiger partial charge is 0.271 e. The summed E-state index contributed by atoms with van der Waals surface area (Å²) in [7, 11) is 1.58. The van der Waals surface area contributed by atoms with Gasteiger partial charge in [0.25, 0.3) is 5.91 Å². The summed E-state index contributed by atoms with van der Waals surface area (Å²) in [6.45, 7) is 4.83. The summed E-state index contributed by atoms with van der Waals surface area (Å²) in [5.41, 5.74) is 4.52. The molecule has 0 saturated carbocycles. The van der Waals surface area contributed by atoms with Gasteiger partial charge < -0.3 is 19.5 Å². The number of benzene rings is 3. The molecule has 0 spiro atoms. The van der Waals surface area contributed by atoms with E-state index in [2.05, 4.69) is 20.3 Å². The third-order valence-electron chi connectivity index (χ3n) is 6.08. The number of halogens is 3. The molecule has 0 atom stereocenters. The van der Waals surface area contributed by atoms with E-state index >= 15 is 0 Å². The molecule has 200 valence electrons. The molecule has 1 heterocycles. The Hall–Kier alpha value is -3.17. The number of carbonyl (C=O) groups is 1. The number of amides is 1. The normalized spacial score (nSPS) is 14.1. The average molecular weight is 578 g/mol. The molecule has 0 bridgehead atoms. The minimum Gasteiger partial charge on any atom is -0.506 e. The van der Waals surface area contributed by atoms with Crippen LogP contribution in [0.5, 0.6) is 17.2 Å². The number of hydrogen-bond donors (Lipinski definition) is 2. The average Bonchev–Trinajstić information content (AvgIpc) is 2.92. The van der Waals surface area contributed by atoms with Crippen molar-refractivity contribution in [1.82, 2.24) is 10.3 Å². The minimum atomic E-state index is -0.451. The second-order valence-corrected chi connectivity index (χ2v) is 9.77. The summed E-state index contributed by atoms with van der Waals surface area (Å²) in [6, 6.07) is 15.3. The zero-order chi connectivity index (χ0) is 27.1. The van der Waals surface area contributed by atoms with Crippen LogP contribution in [0.3, 0.4) is 0 Å². The second-order valence-electron chi connectivity index (χ2n) is 8.55. The number of nitrogens with zero attached hydrogens (tertiary/aromatic N) is 3. The van der Waals surface area contributed by atoms with Crippen LogP contribution in [0.1, 0.15) is 15.9 Å². The van der Waals surface area contributed by atoms with Gasteiger partial charge in [0.05, 0.1) is 28.4 Å². The maximum Gasteiger partial charge on any atom is 0.271 e. The first-order chi connectivity index (χ1) is 18.3. The monoisotopic (exact) mass is 576 g/mol. The largest absolute Gasteiger partial charge is 0.506 e. The Kier molecular flexibility index (Phi) is 9.58. The zero-order valence-corrected chi connectivity index (χ0v) is 22.9. The van der Waals surface area contributed by atoms with Crippen LogP contribution >= 0.6 is 34.8 Å². The molecule has 1 amide bonds. The van der Waals surface area contributed by atoms with Crippen molar-refractivity contribution in [1.29, 1.82) is 0 Å². The highest BCUT2D eigenvalue weighted by atomic mass is 35.5. The van der Waals surface area contributed by atoms with Gasteiger partial charge in [-0.3, -0.25) is 9.69 Å². The summed E-state index contributed by atoms with van der Waals surface area (Å²) < 4.78 is 11.5. The van der Waals surface area contributed by atoms with E-state index in [-0.39, 0.29) is 16.3 Å². The molecule has 0 aromatic heterocycles. The molecule has 0 aliphatic carbocycles. The van der Waals surface area contributed by atoms with E-state index in [0.29, 0.717) is 28.2 Å². The molecule has 11 heteroatoms. The SMILES string of the molecule is COc1ccc(/C=N/NC(=O)c2ccc(O)c(Cl)c2)cc1OCCN1CCN(c2ccc(Cl)c(Cl)c2)CC1. The third kappa shape index (κ3) is 7.23. The van der Waals surface area contributed by atoms with Crippen LogP contribution in [-0.4, -0.2) is 68.6 Å². The number of rotatable bonds is 9. The standard InChI is InChI=1S/C27H27Cl3N4O4/c1-37-25-7-2-18(17-31-32-27(36)19-3-6-24(35)23(30)15-19)14-26(25)38-13-12-33-8-10-34(11-9-33)20-4-5-21(28)22(29)16-20/h2-7,14-17,35H,8-13H2,1H3,(H,32,36)/b31-17+. The van der Waals surface area contributed by atoms with Crippen molar-refractivity contribution in [3.8, 4) is 17.2 Å². The van der Waals surface area contributed by atoms with Crippen molar-refractivity contribution < 1.29 is 19.4 Å². The first-order valence-electron chi connectivity index (χ1n) is 11.9. The van der Waals surface area contributed by atoms with Crippen molar-refractivity contribution in [2.45, 2.75) is 0 Å². The first kappa shape index (κ1) is 27.9. The van der Waals surface area contributed by atoms with E-state index < -0.39 is 5.91 Å². The minimum absolute atomic E-state index is 0.0897. The molecule has 3 aromatic carbocycles. The lowest BCUT2D eigenvalue weighted by Gasteiger charge is -2.36. The van der Waals surface area contributed by atoms with Crippen molar-refractivity contribution in [2.75, 3.05) is 51.3 Å². The molecule has 1 aliphatic heterocycles. The molecular weight excluding hydrogens is 551 g/mol. The highest BCUT2D eigenvalue weighted by Gasteiger charge is 2.18. The topological polar surface area (TPSA) is 86.6 Å². The van der Waals surface area contributed by atoms with Crippen molar-refractivity contribution in [3.63, 3.8) is 0 Å². The van der Waals surface area contributed by atoms with Crippen LogP contribution in [0, 0.1) is 0 Å². The lowest BCUT2D eigenvalue weighted by molar-refractivity contribution is 0.0955. The van der Waals surface area contributed by atoms with Crippen LogP contribution in [0.15, 0.2) is 59.7 Å². The summed E-state index contributed by atoms with van der Waals surface area (Å²) in [5.74, 6) is 0.646. The van der Waals surface area contributed by atoms with Crippen molar-refractivity contribution in [2.24, 2.45) is 5.10 Å². The first-order valence-corrected chi connectivity index (χ1v) is 13.0. The van der Waals surface area contributed by atoms with E-state index in [1.165, 1.54) is 24.4 Å². The van der Waals surface area contributed by atoms with E-state index in [9.17, 15) is 9.90 Å². The highest BCUT2D eigenvalue weighted by Crippen LogP contribution is 2.29. The predicted molar refractivity (Wildman–Crippen MR) is 152 cm³/mol. The fraction of sp³-hybridized carbons (Fsp3) is 0.259. The maximum absolute atomic E-state index is 12.3. The van der Waals surface area contributed by atoms with Gasteiger partial charge in [0.2, 0.25) is 0 Å². The number of methoxy groups -OCH3 is 1. The molecule has 3 aromatic rings. The predicted octanol–water partition coefficient (Wildman–Crippen LogP) is 5.33. The zero-order valence-electron chi connectivity index (χ0n) is 20.7. The van der Waals surface area contributed by atoms with Crippen LogP contribution in [0.2, 0.25) is 15.1 Å². The fourth-order valence-corrected chi connectivity index (χ4v) is 4.43. The third-order valence-corrected chi connectivity index (χ3v) is 7.12. The lowest BCUT2D eigenvalue weighted by Crippen LogP contribution is -2.47. The Morgan fingerprint density at radius 3 is 2.47 bits per heavy atom. The Morgan fingerprint density at radius 2 is 1.76 bits per heavy atom. The number of ether oxygens (including phenoxy) is 2. The number of anilines is 1. The number of phenolic OH excluding ortho intramolecular Hbond substituents is 1. The number of aromatic hydroxyl groups is 1. The van der Waals surface area contributed by atoms with Gasteiger partial charge in [0, 0.05) is 44.0 Å². The van der Waals surface area contributed by atoms with Gasteiger partial charge in [-0.05, 0) is 60.2 Å². The summed E-state index contributed by atoms with van der Waals surface area (Å²) >= 11 is 18.1. The number of hydrazone groups is 1. The maximum atomic E-state index is 12.3. The van der Waals surface area contributed by atoms with Crippen LogP contribution in [-0.2, 0) is 0 Å². The van der Waals surface area contributed by atoms with Gasteiger partial charge >= 0.3 is 0 Å². The molecular formula is C27H27Cl3N4O4. The van der Waals surface area contributed by atoms with Gasteiger partial charge in [-0.1, -0.05) is 34.8 Å². The van der Waals surface area contributed by atoms with Crippen molar-refractivity contribution in [3.05, 3.63) is 80.8 Å². The van der Waals surface area contributed by atoms with E-state index in [0.717, 1.165) is 44.0 Å². The van der Waals surface area contributed by atoms with E-state index in [4.69, 9.17) is 44.3 Å². The van der Waals surface area contributed by atoms with E-state index in [1.54, 1.807) is 25.3 Å². The summed E-state index contributed by atoms with van der Waals surface area (Å²) in [5, 5.41) is 14.7. The van der Waals surface area contributed by atoms with Gasteiger partial charge in [-0.15, -0.1) is 0 Å². The Morgan fingerprint density at radius 1 is 0.974 bits per heavy atom. The Labute approximate surface area is 236 Å². The number of piperazine rings is 1. The molecule has 1 aliphatic rings. The highest BCUT2D eigenvalue weighted by molar-refractivity contribution is 6.42. The van der Waals surface area contributed by atoms with Crippen LogP contribution in [0.4, 0.5) is 5.69 Å². The van der Waals surface area contributed by atoms with Gasteiger partial charge in [0.15, 0.2) is 11.5 Å². The Balaban J connectivity index is 1.27. The fourth-order valence-electron chi connectivity index (χ4n) is 3.96. The molecule has 38 heavy (non-hydrogen) atoms. The number of hydrogen-bond acceptors (Lipinski definition) is 7. The van der Waals surface area contributed by atoms with Crippen LogP contribution in [0.25, 0.3) is 0 Å². The van der Waals surface area contributed by atoms with Gasteiger partial charge in [-0.25, -0.2) is 5.43 Å². The van der Waals surface area contributed by atoms with Gasteiger partial charge in [0.1, 0.15) is 12.4 Å². The lowest BCUT2D eigenvalue weighted by atomic mass is 10.2. The molecule has 4 rings (SSSR count). The van der Waals surface area contributed by atoms with E-state index in [1.807, 2.05) is 18.2 Å².